The maximum Gasteiger partial charge on any atom is 0.0775 e. The minimum absolute atomic E-state index is 0.379. The fourth-order valence-corrected chi connectivity index (χ4v) is 2.08. The number of nitrogens with zero attached hydrogens (tertiary/aromatic N) is 2. The molecule has 0 unspecified atom stereocenters. The first-order valence-corrected chi connectivity index (χ1v) is 5.36. The first-order valence-electron chi connectivity index (χ1n) is 5.36. The molecule has 16 heavy (non-hydrogen) atoms. The Balaban J connectivity index is 2.77. The normalized spacial score (nSPS) is 10.4. The fourth-order valence-electron chi connectivity index (χ4n) is 2.08. The van der Waals surface area contributed by atoms with Crippen molar-refractivity contribution >= 4 is 10.9 Å². The smallest absolute Gasteiger partial charge is 0.0775 e. The van der Waals surface area contributed by atoms with Crippen LogP contribution < -0.4 is 0 Å². The second kappa shape index (κ2) is 3.94. The second-order valence-corrected chi connectivity index (χ2v) is 4.24. The van der Waals surface area contributed by atoms with Gasteiger partial charge in [-0.3, -0.25) is 4.98 Å². The lowest BCUT2D eigenvalue weighted by atomic mass is 10.0. The van der Waals surface area contributed by atoms with Crippen molar-refractivity contribution in [2.24, 2.45) is 0 Å². The van der Waals surface area contributed by atoms with E-state index in [1.165, 1.54) is 22.1 Å². The largest absolute Gasteiger partial charge is 0.251 e. The quantitative estimate of drug-likeness (QED) is 0.724. The molecule has 0 atom stereocenters. The molecule has 0 aliphatic carbocycles. The first kappa shape index (κ1) is 10.6. The van der Waals surface area contributed by atoms with E-state index in [-0.39, 0.29) is 0 Å². The Morgan fingerprint density at radius 3 is 2.56 bits per heavy atom. The van der Waals surface area contributed by atoms with Crippen molar-refractivity contribution in [3.63, 3.8) is 0 Å². The predicted molar refractivity (Wildman–Crippen MR) is 65.3 cm³/mol. The average Bonchev–Trinajstić information content (AvgIpc) is 2.20. The topological polar surface area (TPSA) is 36.7 Å². The first-order chi connectivity index (χ1) is 7.61. The summed E-state index contributed by atoms with van der Waals surface area (Å²) in [5.74, 6) is 0. The van der Waals surface area contributed by atoms with E-state index < -0.39 is 0 Å². The van der Waals surface area contributed by atoms with Crippen molar-refractivity contribution in [3.05, 3.63) is 40.6 Å². The van der Waals surface area contributed by atoms with Gasteiger partial charge in [0.1, 0.15) is 0 Å². The molecule has 0 radical (unpaired) electrons. The molecule has 1 aromatic carbocycles. The van der Waals surface area contributed by atoms with Crippen LogP contribution in [0.15, 0.2) is 18.2 Å². The van der Waals surface area contributed by atoms with Crippen molar-refractivity contribution in [2.45, 2.75) is 27.2 Å². The van der Waals surface area contributed by atoms with Crippen LogP contribution in [0.5, 0.6) is 0 Å². The molecule has 2 nitrogen and oxygen atoms in total. The van der Waals surface area contributed by atoms with Crippen molar-refractivity contribution in [2.75, 3.05) is 0 Å². The highest BCUT2D eigenvalue weighted by atomic mass is 14.7. The van der Waals surface area contributed by atoms with Crippen LogP contribution >= 0.6 is 0 Å². The van der Waals surface area contributed by atoms with Crippen LogP contribution in [0.25, 0.3) is 10.9 Å². The van der Waals surface area contributed by atoms with Gasteiger partial charge >= 0.3 is 0 Å². The summed E-state index contributed by atoms with van der Waals surface area (Å²) < 4.78 is 0. The number of hydrogen-bond donors (Lipinski definition) is 0. The summed E-state index contributed by atoms with van der Waals surface area (Å²) in [6, 6.07) is 8.43. The molecule has 0 saturated carbocycles. The second-order valence-electron chi connectivity index (χ2n) is 4.24. The number of hydrogen-bond acceptors (Lipinski definition) is 2. The van der Waals surface area contributed by atoms with Gasteiger partial charge in [-0.2, -0.15) is 5.26 Å². The maximum absolute atomic E-state index is 8.71. The third-order valence-electron chi connectivity index (χ3n) is 2.77. The molecule has 2 rings (SSSR count). The highest BCUT2D eigenvalue weighted by Gasteiger charge is 2.05. The third-order valence-corrected chi connectivity index (χ3v) is 2.77. The van der Waals surface area contributed by atoms with Crippen molar-refractivity contribution in [1.29, 1.82) is 5.26 Å². The molecule has 0 amide bonds. The fraction of sp³-hybridized carbons (Fsp3) is 0.286. The summed E-state index contributed by atoms with van der Waals surface area (Å²) in [4.78, 5) is 4.54. The summed E-state index contributed by atoms with van der Waals surface area (Å²) in [5, 5.41) is 9.90. The van der Waals surface area contributed by atoms with Gasteiger partial charge < -0.3 is 0 Å². The minimum Gasteiger partial charge on any atom is -0.251 e. The summed E-state index contributed by atoms with van der Waals surface area (Å²) in [6.45, 7) is 6.23. The lowest BCUT2D eigenvalue weighted by Gasteiger charge is -2.08. The molecule has 1 aromatic heterocycles. The average molecular weight is 210 g/mol. The number of rotatable bonds is 1. The zero-order chi connectivity index (χ0) is 11.7. The predicted octanol–water partition coefficient (Wildman–Crippen LogP) is 3.23. The van der Waals surface area contributed by atoms with Crippen LogP contribution in [0.1, 0.15) is 22.4 Å². The van der Waals surface area contributed by atoms with Gasteiger partial charge in [0.2, 0.25) is 0 Å². The maximum atomic E-state index is 8.71. The molecular weight excluding hydrogens is 196 g/mol. The Kier molecular flexibility index (Phi) is 2.62. The van der Waals surface area contributed by atoms with Crippen LogP contribution in [0.4, 0.5) is 0 Å². The van der Waals surface area contributed by atoms with Gasteiger partial charge in [0, 0.05) is 5.39 Å². The molecule has 0 fully saturated rings. The van der Waals surface area contributed by atoms with Crippen molar-refractivity contribution < 1.29 is 0 Å². The van der Waals surface area contributed by atoms with Gasteiger partial charge in [-0.15, -0.1) is 0 Å². The lowest BCUT2D eigenvalue weighted by Crippen LogP contribution is -1.94. The van der Waals surface area contributed by atoms with Crippen LogP contribution in [-0.4, -0.2) is 4.98 Å². The van der Waals surface area contributed by atoms with Gasteiger partial charge in [-0.1, -0.05) is 11.6 Å². The highest BCUT2D eigenvalue weighted by molar-refractivity contribution is 5.85. The Hall–Kier alpha value is -1.88. The van der Waals surface area contributed by atoms with E-state index in [0.29, 0.717) is 6.42 Å². The molecule has 0 aliphatic rings. The van der Waals surface area contributed by atoms with Crippen molar-refractivity contribution in [1.82, 2.24) is 4.98 Å². The van der Waals surface area contributed by atoms with Crippen LogP contribution in [0.2, 0.25) is 0 Å². The van der Waals surface area contributed by atoms with Gasteiger partial charge in [0.25, 0.3) is 0 Å². The molecule has 0 saturated heterocycles. The van der Waals surface area contributed by atoms with Crippen LogP contribution in [0, 0.1) is 32.1 Å². The van der Waals surface area contributed by atoms with E-state index in [0.717, 1.165) is 11.2 Å². The summed E-state index contributed by atoms with van der Waals surface area (Å²) in [6.07, 6.45) is 0.379. The van der Waals surface area contributed by atoms with Gasteiger partial charge in [-0.25, -0.2) is 0 Å². The standard InChI is InChI=1S/C14H14N2/c1-9-6-11(3)14-13(7-9)10(2)8-12(16-14)4-5-15/h6-8H,4H2,1-3H3. The number of aryl methyl sites for hydroxylation is 3. The Morgan fingerprint density at radius 1 is 1.12 bits per heavy atom. The third kappa shape index (κ3) is 1.77. The molecule has 2 heteroatoms. The van der Waals surface area contributed by atoms with Crippen LogP contribution in [0.3, 0.4) is 0 Å². The number of nitriles is 1. The molecular formula is C14H14N2. The monoisotopic (exact) mass is 210 g/mol. The molecule has 0 spiro atoms. The molecule has 0 N–H and O–H groups in total. The van der Waals surface area contributed by atoms with Crippen LogP contribution in [-0.2, 0) is 6.42 Å². The zero-order valence-electron chi connectivity index (χ0n) is 9.83. The van der Waals surface area contributed by atoms with Gasteiger partial charge in [0.05, 0.1) is 23.7 Å². The van der Waals surface area contributed by atoms with Gasteiger partial charge in [0.15, 0.2) is 0 Å². The minimum atomic E-state index is 0.379. The van der Waals surface area contributed by atoms with Gasteiger partial charge in [-0.05, 0) is 44.0 Å². The van der Waals surface area contributed by atoms with E-state index in [9.17, 15) is 0 Å². The molecule has 2 aromatic rings. The molecule has 1 heterocycles. The van der Waals surface area contributed by atoms with E-state index in [1.54, 1.807) is 0 Å². The molecule has 80 valence electrons. The Bertz CT molecular complexity index is 592. The van der Waals surface area contributed by atoms with E-state index in [1.807, 2.05) is 6.07 Å². The number of benzene rings is 1. The highest BCUT2D eigenvalue weighted by Crippen LogP contribution is 2.22. The number of aromatic nitrogens is 1. The Labute approximate surface area is 95.6 Å². The number of fused-ring (bicyclic) bond motifs is 1. The van der Waals surface area contributed by atoms with E-state index >= 15 is 0 Å². The summed E-state index contributed by atoms with van der Waals surface area (Å²) >= 11 is 0. The summed E-state index contributed by atoms with van der Waals surface area (Å²) in [5.41, 5.74) is 5.51. The lowest BCUT2D eigenvalue weighted by molar-refractivity contribution is 1.13. The SMILES string of the molecule is Cc1cc(C)c2nc(CC#N)cc(C)c2c1. The molecule has 0 aliphatic heterocycles. The summed E-state index contributed by atoms with van der Waals surface area (Å²) in [7, 11) is 0. The molecule has 0 bridgehead atoms. The Morgan fingerprint density at radius 2 is 1.88 bits per heavy atom. The number of pyridine rings is 1. The van der Waals surface area contributed by atoms with Crippen molar-refractivity contribution in [3.8, 4) is 6.07 Å². The van der Waals surface area contributed by atoms with E-state index in [2.05, 4.69) is 44.0 Å². The zero-order valence-corrected chi connectivity index (χ0v) is 9.83. The van der Waals surface area contributed by atoms with E-state index in [4.69, 9.17) is 5.26 Å².